The molecule has 41 heteroatoms. The molecule has 32 nitrogen and oxygen atoms in total. The predicted molar refractivity (Wildman–Crippen MR) is 419 cm³/mol. The number of rotatable bonds is 12. The van der Waals surface area contributed by atoms with Gasteiger partial charge >= 0.3 is 0 Å². The molecule has 3 unspecified atom stereocenters. The molecule has 0 saturated carbocycles. The molecule has 0 aliphatic carbocycles. The van der Waals surface area contributed by atoms with Gasteiger partial charge in [0.1, 0.15) is 51.4 Å². The number of amidine groups is 3. The topological polar surface area (TPSA) is 476 Å². The van der Waals surface area contributed by atoms with Crippen LogP contribution in [-0.2, 0) is 96.5 Å². The zero-order valence-corrected chi connectivity index (χ0v) is 66.5. The molecule has 608 valence electrons. The highest BCUT2D eigenvalue weighted by Gasteiger charge is 2.62. The lowest BCUT2D eigenvalue weighted by Crippen LogP contribution is -2.55. The molecule has 18 rings (SSSR count). The van der Waals surface area contributed by atoms with Crippen molar-refractivity contribution >= 4 is 128 Å². The van der Waals surface area contributed by atoms with Crippen molar-refractivity contribution in [3.05, 3.63) is 206 Å². The van der Waals surface area contributed by atoms with Gasteiger partial charge in [-0.1, -0.05) is 36.4 Å². The zero-order valence-electron chi connectivity index (χ0n) is 61.6. The molecule has 3 amide bonds. The van der Waals surface area contributed by atoms with Gasteiger partial charge in [-0.3, -0.25) is 40.9 Å². The molecule has 6 aromatic rings. The summed E-state index contributed by atoms with van der Waals surface area (Å²) in [6, 6.07) is 29.4. The Labute approximate surface area is 662 Å². The third kappa shape index (κ3) is 16.0. The van der Waals surface area contributed by atoms with Crippen LogP contribution in [0.25, 0.3) is 0 Å². The van der Waals surface area contributed by atoms with E-state index in [0.717, 1.165) is 56.6 Å². The summed E-state index contributed by atoms with van der Waals surface area (Å²) in [5.41, 5.74) is 8.89. The summed E-state index contributed by atoms with van der Waals surface area (Å²) in [6.07, 6.45) is 9.15. The number of benzene rings is 6. The molecule has 6 bridgehead atoms. The van der Waals surface area contributed by atoms with Crippen molar-refractivity contribution in [1.82, 2.24) is 14.7 Å². The highest BCUT2D eigenvalue weighted by molar-refractivity contribution is 8.13. The van der Waals surface area contributed by atoms with Gasteiger partial charge in [-0.25, -0.2) is 57.6 Å². The van der Waals surface area contributed by atoms with Crippen molar-refractivity contribution in [2.24, 2.45) is 57.5 Å². The van der Waals surface area contributed by atoms with Crippen molar-refractivity contribution in [2.75, 3.05) is 41.7 Å². The number of ether oxygens (including phenoxy) is 3. The average Bonchev–Trinajstić information content (AvgIpc) is 1.62. The quantitative estimate of drug-likeness (QED) is 0.0197. The Morgan fingerprint density at radius 2 is 0.800 bits per heavy atom. The fraction of sp³-hybridized carbons (Fsp3) is 0.351. The lowest BCUT2D eigenvalue weighted by atomic mass is 9.78. The summed E-state index contributed by atoms with van der Waals surface area (Å²) >= 11 is 0. The lowest BCUT2D eigenvalue weighted by molar-refractivity contribution is -0.385. The minimum absolute atomic E-state index is 0.0578. The predicted octanol–water partition coefficient (Wildman–Crippen LogP) is 9.05. The van der Waals surface area contributed by atoms with E-state index in [0.29, 0.717) is 27.4 Å². The first-order valence-corrected chi connectivity index (χ1v) is 46.0. The molecule has 12 aliphatic rings. The van der Waals surface area contributed by atoms with Crippen LogP contribution in [-0.4, -0.2) is 186 Å². The van der Waals surface area contributed by atoms with Gasteiger partial charge in [0.15, 0.2) is 17.5 Å². The Balaban J connectivity index is 0.000000137. The monoisotopic (exact) mass is 1700 g/mol. The van der Waals surface area contributed by atoms with Gasteiger partial charge in [-0.2, -0.15) is 13.1 Å². The summed E-state index contributed by atoms with van der Waals surface area (Å²) < 4.78 is 156. The second-order valence-corrected chi connectivity index (χ2v) is 40.7. The molecule has 0 aromatic heterocycles. The van der Waals surface area contributed by atoms with Crippen molar-refractivity contribution in [3.8, 4) is 0 Å². The van der Waals surface area contributed by atoms with Gasteiger partial charge in [0, 0.05) is 72.6 Å². The van der Waals surface area contributed by atoms with E-state index in [4.69, 9.17) is 19.9 Å². The second kappa shape index (κ2) is 30.9. The molecular formula is C74H76ClF3N14O18S5. The van der Waals surface area contributed by atoms with Crippen molar-refractivity contribution in [2.45, 2.75) is 128 Å². The first-order valence-electron chi connectivity index (χ1n) is 35.7. The third-order valence-corrected chi connectivity index (χ3v) is 27.1. The summed E-state index contributed by atoms with van der Waals surface area (Å²) in [5.74, 6) is 3.02. The Hall–Kier alpha value is -10.0. The molecule has 15 atom stereocenters. The summed E-state index contributed by atoms with van der Waals surface area (Å²) in [4.78, 5) is 71.1. The standard InChI is InChI=1S/C25H25FN4O6S2.C24H21FN4O6S.C24H23FN4O4S.CH3ClO2S.H4N2/c1-37(33)19-11-15(28-38(2,34)35)7-8-16(19)27-24(29-37)21-23(31)20-17-9-10-18(36-17)22(20)30(25(21)32)12-13-3-5-14(26)6-4-13;1-36(34)18-10-14(29(32)33)6-7-15(18)26-23(27-36)20-22(30)19-16-8-9-17(35-16)21(19)28(24(20)31)11-12-2-4-13(25)5-3-12;1-34(32)18-10-14(26)6-7-15(18)27-23(28-34)20-22(30)19-16-8-9-17(33-16)21(19)29(24(20)31)11-12-2-4-13(25)5-3-12;1-5(2,3)4;1-2/h3-8,11,17-18,20,22,28,31H,9-10,12H2,1-2H3;2-7,10,16-17,19,21,30H,8-9,11H2,1H3;2-7,10,16-17,19,21,30H,8-9,11,26H2,1H3;1H3;1-2H2/t17-,18+,20-,22+,37?;16-,17+,19-,21+,36?;16-,17+,19-,21+,34?;;/m111../s1. The highest BCUT2D eigenvalue weighted by Crippen LogP contribution is 2.53. The molecule has 0 spiro atoms. The number of hydrogen-bond donors (Lipinski definition) is 7. The summed E-state index contributed by atoms with van der Waals surface area (Å²) in [5, 5.41) is 45.2. The largest absolute Gasteiger partial charge is 0.511 e. The molecule has 0 radical (unpaired) electrons. The minimum atomic E-state index is -3.56. The molecule has 115 heavy (non-hydrogen) atoms. The number of nitro benzene ring substituents is 1. The maximum absolute atomic E-state index is 13.9. The second-order valence-electron chi connectivity index (χ2n) is 29.2. The zero-order chi connectivity index (χ0) is 82.6. The van der Waals surface area contributed by atoms with Crippen LogP contribution in [0.3, 0.4) is 0 Å². The van der Waals surface area contributed by atoms with E-state index in [1.807, 2.05) is 0 Å². The van der Waals surface area contributed by atoms with Gasteiger partial charge < -0.3 is 50.0 Å². The number of aliphatic imine (C=N–C) groups is 3. The maximum Gasteiger partial charge on any atom is 0.270 e. The van der Waals surface area contributed by atoms with E-state index < -0.39 is 107 Å². The molecular weight excluding hydrogens is 1630 g/mol. The lowest BCUT2D eigenvalue weighted by Gasteiger charge is -2.41. The van der Waals surface area contributed by atoms with E-state index in [2.05, 4.69) is 55.2 Å². The van der Waals surface area contributed by atoms with Gasteiger partial charge in [0.2, 0.25) is 19.1 Å². The van der Waals surface area contributed by atoms with Crippen molar-refractivity contribution < 1.29 is 91.5 Å². The van der Waals surface area contributed by atoms with E-state index in [1.165, 1.54) is 91.6 Å². The van der Waals surface area contributed by atoms with Crippen LogP contribution < -0.4 is 22.1 Å². The molecule has 12 aliphatic heterocycles. The number of aliphatic hydroxyl groups is 3. The molecule has 12 heterocycles. The van der Waals surface area contributed by atoms with Crippen LogP contribution in [0.1, 0.15) is 55.2 Å². The number of non-ortho nitro benzene ring substituents is 1. The number of amides is 3. The fourth-order valence-electron chi connectivity index (χ4n) is 16.8. The van der Waals surface area contributed by atoms with Crippen molar-refractivity contribution in [1.29, 1.82) is 0 Å². The highest BCUT2D eigenvalue weighted by atomic mass is 35.7. The van der Waals surface area contributed by atoms with Crippen LogP contribution in [0, 0.1) is 45.3 Å². The molecule has 6 saturated heterocycles. The maximum atomic E-state index is 13.9. The van der Waals surface area contributed by atoms with E-state index in [9.17, 15) is 82.5 Å². The number of nitrogens with one attached hydrogen (secondary N) is 1. The first-order chi connectivity index (χ1) is 54.3. The number of sulfonamides is 1. The Morgan fingerprint density at radius 3 is 1.12 bits per heavy atom. The Morgan fingerprint density at radius 1 is 0.504 bits per heavy atom. The number of nitrogen functional groups attached to an aromatic ring is 1. The third-order valence-electron chi connectivity index (χ3n) is 21.5. The van der Waals surface area contributed by atoms with Gasteiger partial charge in [0.05, 0.1) is 151 Å². The SMILES string of the molecule is CS(=O)(=O)Cl.CS(=O)(=O)Nc1ccc2c(c1)S(C)(=O)=NC(C1=C(O)[C@H]3[C@H]([C@@H]4CC[C@H]3O4)N(Cc3ccc(F)cc3)C1=O)=N2.CS1(=O)=NC(C2=C(O)[C@H]3[C@H]([C@@H]4CC[C@H]3O4)N(Cc3ccc(F)cc3)C2=O)=Nc2ccc(N)cc21.CS1(=O)=NC(C2=C(O)[C@H]3[C@H]([C@@H]4CC[C@H]3O4)N(Cc3ccc(F)cc3)C2=O)=Nc2ccc([N+](=O)[O-])cc21.NN. The molecule has 6 aromatic carbocycles. The minimum Gasteiger partial charge on any atom is -0.511 e. The van der Waals surface area contributed by atoms with Crippen LogP contribution in [0.2, 0.25) is 0 Å². The van der Waals surface area contributed by atoms with Gasteiger partial charge in [-0.15, -0.1) is 0 Å². The number of fused-ring (bicyclic) bond motifs is 18. The molecule has 6 fully saturated rings. The Bertz CT molecular complexity index is 5960. The number of nitrogens with zero attached hydrogens (tertiary/aromatic N) is 10. The number of aliphatic hydroxyl groups excluding tert-OH is 3. The normalized spacial score (nSPS) is 29.4. The fourth-order valence-corrected chi connectivity index (χ4v) is 21.6. The number of nitrogens with two attached hydrogens (primary N) is 3. The van der Waals surface area contributed by atoms with Gasteiger partial charge in [-0.05, 0) is 134 Å². The molecule has 10 N–H and O–H groups in total. The Kier molecular flexibility index (Phi) is 21.9. The summed E-state index contributed by atoms with van der Waals surface area (Å²) in [7, 11) is -11.6. The van der Waals surface area contributed by atoms with Crippen LogP contribution in [0.4, 0.5) is 47.3 Å². The van der Waals surface area contributed by atoms with E-state index in [-0.39, 0.29) is 158 Å². The number of anilines is 2. The number of carbonyl (C=O) groups excluding carboxylic acids is 3. The smallest absolute Gasteiger partial charge is 0.270 e. The van der Waals surface area contributed by atoms with Crippen molar-refractivity contribution in [3.63, 3.8) is 0 Å². The van der Waals surface area contributed by atoms with Crippen LogP contribution in [0.15, 0.2) is 204 Å². The average molecular weight is 1700 g/mol. The van der Waals surface area contributed by atoms with E-state index >= 15 is 0 Å². The van der Waals surface area contributed by atoms with Crippen LogP contribution in [0.5, 0.6) is 0 Å². The number of nitro groups is 1. The number of hydrogen-bond acceptors (Lipinski definition) is 27. The first kappa shape index (κ1) is 81.6. The van der Waals surface area contributed by atoms with Crippen LogP contribution >= 0.6 is 10.7 Å². The number of hydrazine groups is 1. The van der Waals surface area contributed by atoms with E-state index in [1.54, 1.807) is 69.3 Å². The summed E-state index contributed by atoms with van der Waals surface area (Å²) in [6.45, 7) is 0.530. The number of halogens is 4. The number of carbonyl (C=O) groups is 3. The van der Waals surface area contributed by atoms with Gasteiger partial charge in [0.25, 0.3) is 23.4 Å².